The highest BCUT2D eigenvalue weighted by molar-refractivity contribution is 9.09. The minimum atomic E-state index is -3.09. The SMILES string of the molecule is CC(C)CS(=O)(=O)NC1CCCCC1Br. The van der Waals surface area contributed by atoms with E-state index in [0.29, 0.717) is 4.83 Å². The average Bonchev–Trinajstić information content (AvgIpc) is 2.06. The van der Waals surface area contributed by atoms with Crippen LogP contribution < -0.4 is 4.72 Å². The first-order valence-corrected chi connectivity index (χ1v) is 8.11. The van der Waals surface area contributed by atoms with Crippen molar-refractivity contribution in [3.63, 3.8) is 0 Å². The van der Waals surface area contributed by atoms with E-state index >= 15 is 0 Å². The monoisotopic (exact) mass is 297 g/mol. The number of halogens is 1. The zero-order valence-corrected chi connectivity index (χ0v) is 11.8. The molecule has 1 aliphatic carbocycles. The minimum absolute atomic E-state index is 0.0856. The van der Waals surface area contributed by atoms with Crippen molar-refractivity contribution in [1.29, 1.82) is 0 Å². The van der Waals surface area contributed by atoms with Gasteiger partial charge < -0.3 is 0 Å². The minimum Gasteiger partial charge on any atom is -0.212 e. The molecular weight excluding hydrogens is 278 g/mol. The Balaban J connectivity index is 2.52. The van der Waals surface area contributed by atoms with Gasteiger partial charge in [-0.1, -0.05) is 42.6 Å². The van der Waals surface area contributed by atoms with Gasteiger partial charge in [-0.2, -0.15) is 0 Å². The molecule has 1 N–H and O–H groups in total. The van der Waals surface area contributed by atoms with Crippen LogP contribution in [0.1, 0.15) is 39.5 Å². The lowest BCUT2D eigenvalue weighted by atomic mass is 9.96. The molecular formula is C10H20BrNO2S. The van der Waals surface area contributed by atoms with Crippen LogP contribution in [0, 0.1) is 5.92 Å². The first-order valence-electron chi connectivity index (χ1n) is 5.55. The third-order valence-electron chi connectivity index (χ3n) is 2.57. The van der Waals surface area contributed by atoms with Crippen LogP contribution in [0.5, 0.6) is 0 Å². The van der Waals surface area contributed by atoms with Gasteiger partial charge in [0.1, 0.15) is 0 Å². The molecule has 1 aliphatic rings. The van der Waals surface area contributed by atoms with Crippen molar-refractivity contribution in [2.75, 3.05) is 5.75 Å². The van der Waals surface area contributed by atoms with Gasteiger partial charge in [0.15, 0.2) is 0 Å². The molecule has 1 saturated carbocycles. The highest BCUT2D eigenvalue weighted by atomic mass is 79.9. The summed E-state index contributed by atoms with van der Waals surface area (Å²) >= 11 is 3.55. The van der Waals surface area contributed by atoms with Gasteiger partial charge in [0, 0.05) is 10.9 Å². The molecule has 2 atom stereocenters. The summed E-state index contributed by atoms with van der Waals surface area (Å²) in [5, 5.41) is 0. The second-order valence-electron chi connectivity index (χ2n) is 4.70. The molecule has 90 valence electrons. The topological polar surface area (TPSA) is 46.2 Å². The number of sulfonamides is 1. The van der Waals surface area contributed by atoms with Crippen LogP contribution in [0.3, 0.4) is 0 Å². The van der Waals surface area contributed by atoms with E-state index in [-0.39, 0.29) is 17.7 Å². The van der Waals surface area contributed by atoms with Crippen molar-refractivity contribution >= 4 is 26.0 Å². The van der Waals surface area contributed by atoms with Crippen LogP contribution in [0.25, 0.3) is 0 Å². The zero-order valence-electron chi connectivity index (χ0n) is 9.37. The maximum Gasteiger partial charge on any atom is 0.212 e. The van der Waals surface area contributed by atoms with Crippen molar-refractivity contribution in [1.82, 2.24) is 4.72 Å². The Kier molecular flexibility index (Phi) is 5.06. The molecule has 1 rings (SSSR count). The van der Waals surface area contributed by atoms with Crippen molar-refractivity contribution in [3.05, 3.63) is 0 Å². The molecule has 3 nitrogen and oxygen atoms in total. The Bertz CT molecular complexity index is 290. The predicted octanol–water partition coefficient (Wildman–Crippen LogP) is 2.27. The number of hydrogen-bond donors (Lipinski definition) is 1. The van der Waals surface area contributed by atoms with Gasteiger partial charge in [0.2, 0.25) is 10.0 Å². The maximum absolute atomic E-state index is 11.7. The normalized spacial score (nSPS) is 28.3. The fraction of sp³-hybridized carbons (Fsp3) is 1.00. The van der Waals surface area contributed by atoms with Crippen molar-refractivity contribution in [2.24, 2.45) is 5.92 Å². The van der Waals surface area contributed by atoms with E-state index in [0.717, 1.165) is 19.3 Å². The highest BCUT2D eigenvalue weighted by Gasteiger charge is 2.27. The number of hydrogen-bond acceptors (Lipinski definition) is 2. The lowest BCUT2D eigenvalue weighted by Crippen LogP contribution is -2.44. The van der Waals surface area contributed by atoms with Gasteiger partial charge in [0.05, 0.1) is 5.75 Å². The summed E-state index contributed by atoms with van der Waals surface area (Å²) in [6.45, 7) is 3.84. The Morgan fingerprint density at radius 1 is 1.33 bits per heavy atom. The van der Waals surface area contributed by atoms with E-state index < -0.39 is 10.0 Å². The van der Waals surface area contributed by atoms with E-state index in [1.807, 2.05) is 13.8 Å². The summed E-state index contributed by atoms with van der Waals surface area (Å²) in [6, 6.07) is 0.0856. The second kappa shape index (κ2) is 5.64. The molecule has 0 aliphatic heterocycles. The molecule has 2 unspecified atom stereocenters. The molecule has 0 saturated heterocycles. The molecule has 0 amide bonds. The first kappa shape index (κ1) is 13.5. The largest absolute Gasteiger partial charge is 0.212 e. The summed E-state index contributed by atoms with van der Waals surface area (Å²) in [7, 11) is -3.09. The quantitative estimate of drug-likeness (QED) is 0.809. The third-order valence-corrected chi connectivity index (χ3v) is 5.43. The fourth-order valence-corrected chi connectivity index (χ4v) is 4.55. The van der Waals surface area contributed by atoms with Crippen LogP contribution >= 0.6 is 15.9 Å². The Labute approximate surface area is 101 Å². The zero-order chi connectivity index (χ0) is 11.5. The van der Waals surface area contributed by atoms with Crippen LogP contribution in [0.4, 0.5) is 0 Å². The Morgan fingerprint density at radius 3 is 2.47 bits per heavy atom. The molecule has 0 heterocycles. The molecule has 0 radical (unpaired) electrons. The molecule has 0 aromatic carbocycles. The molecule has 5 heteroatoms. The van der Waals surface area contributed by atoms with Gasteiger partial charge in [-0.15, -0.1) is 0 Å². The molecule has 0 spiro atoms. The number of rotatable bonds is 4. The summed E-state index contributed by atoms with van der Waals surface area (Å²) < 4.78 is 26.2. The summed E-state index contributed by atoms with van der Waals surface area (Å²) in [6.07, 6.45) is 4.33. The van der Waals surface area contributed by atoms with Gasteiger partial charge >= 0.3 is 0 Å². The molecule has 0 aromatic rings. The van der Waals surface area contributed by atoms with Crippen LogP contribution in [0.15, 0.2) is 0 Å². The summed E-state index contributed by atoms with van der Waals surface area (Å²) in [4.78, 5) is 0.299. The van der Waals surface area contributed by atoms with Crippen molar-refractivity contribution in [2.45, 2.75) is 50.4 Å². The lowest BCUT2D eigenvalue weighted by Gasteiger charge is -2.28. The summed E-state index contributed by atoms with van der Waals surface area (Å²) in [5.41, 5.74) is 0. The Morgan fingerprint density at radius 2 is 1.93 bits per heavy atom. The fourth-order valence-electron chi connectivity index (χ4n) is 1.94. The van der Waals surface area contributed by atoms with Crippen LogP contribution in [-0.4, -0.2) is 25.0 Å². The van der Waals surface area contributed by atoms with Crippen LogP contribution in [0.2, 0.25) is 0 Å². The first-order chi connectivity index (χ1) is 6.91. The third kappa shape index (κ3) is 4.83. The molecule has 1 fully saturated rings. The van der Waals surface area contributed by atoms with Gasteiger partial charge in [0.25, 0.3) is 0 Å². The van der Waals surface area contributed by atoms with Gasteiger partial charge in [-0.25, -0.2) is 13.1 Å². The van der Waals surface area contributed by atoms with Crippen molar-refractivity contribution in [3.8, 4) is 0 Å². The summed E-state index contributed by atoms with van der Waals surface area (Å²) in [5.74, 6) is 0.406. The molecule has 0 aromatic heterocycles. The van der Waals surface area contributed by atoms with E-state index in [9.17, 15) is 8.42 Å². The average molecular weight is 298 g/mol. The Hall–Kier alpha value is 0.390. The standard InChI is InChI=1S/C10H20BrNO2S/c1-8(2)7-15(13,14)12-10-6-4-3-5-9(10)11/h8-10,12H,3-7H2,1-2H3. The van der Waals surface area contributed by atoms with E-state index in [4.69, 9.17) is 0 Å². The molecule has 0 bridgehead atoms. The maximum atomic E-state index is 11.7. The second-order valence-corrected chi connectivity index (χ2v) is 7.67. The van der Waals surface area contributed by atoms with E-state index in [1.165, 1.54) is 6.42 Å². The van der Waals surface area contributed by atoms with Crippen LogP contribution in [-0.2, 0) is 10.0 Å². The number of nitrogens with one attached hydrogen (secondary N) is 1. The molecule has 15 heavy (non-hydrogen) atoms. The van der Waals surface area contributed by atoms with Gasteiger partial charge in [-0.3, -0.25) is 0 Å². The van der Waals surface area contributed by atoms with E-state index in [2.05, 4.69) is 20.7 Å². The van der Waals surface area contributed by atoms with Crippen molar-refractivity contribution < 1.29 is 8.42 Å². The number of alkyl halides is 1. The van der Waals surface area contributed by atoms with Gasteiger partial charge in [-0.05, 0) is 18.8 Å². The lowest BCUT2D eigenvalue weighted by molar-refractivity contribution is 0.426. The predicted molar refractivity (Wildman–Crippen MR) is 66.7 cm³/mol. The highest BCUT2D eigenvalue weighted by Crippen LogP contribution is 2.25. The van der Waals surface area contributed by atoms with E-state index in [1.54, 1.807) is 0 Å². The smallest absolute Gasteiger partial charge is 0.212 e.